The number of aliphatic hydroxyl groups excluding tert-OH is 1. The third-order valence-electron chi connectivity index (χ3n) is 5.43. The molecule has 0 spiro atoms. The minimum atomic E-state index is -3.81. The standard InChI is InChI=1S/C26H35N3O5S/c1-19(2)16-29(35(31,32)24-11-9-22(27)10-12-24)17-20(3)25(15-21-7-5-4-6-8-21)28-26(30)34-23-13-14-33-18-23/h4-12,15,19,23,26,28,30H,3,13-14,16-18,27H2,1-2H3/b25-15+/t23-,26?/m0/s1. The van der Waals surface area contributed by atoms with Crippen LogP contribution in [0.15, 0.2) is 77.3 Å². The van der Waals surface area contributed by atoms with Crippen molar-refractivity contribution in [2.75, 3.05) is 32.0 Å². The Morgan fingerprint density at radius 3 is 2.54 bits per heavy atom. The van der Waals surface area contributed by atoms with E-state index in [1.807, 2.05) is 50.3 Å². The Kier molecular flexibility index (Phi) is 9.47. The number of nitrogens with zero attached hydrogens (tertiary/aromatic N) is 1. The molecule has 1 aliphatic heterocycles. The first-order chi connectivity index (χ1) is 16.6. The number of hydrogen-bond donors (Lipinski definition) is 3. The van der Waals surface area contributed by atoms with Gasteiger partial charge in [0.05, 0.1) is 17.6 Å². The molecule has 0 bridgehead atoms. The number of rotatable bonds is 12. The lowest BCUT2D eigenvalue weighted by molar-refractivity contribution is -0.147. The van der Waals surface area contributed by atoms with Crippen molar-refractivity contribution in [3.05, 3.63) is 78.0 Å². The average molecular weight is 502 g/mol. The van der Waals surface area contributed by atoms with E-state index < -0.39 is 16.4 Å². The van der Waals surface area contributed by atoms with Gasteiger partial charge in [0.2, 0.25) is 16.4 Å². The highest BCUT2D eigenvalue weighted by molar-refractivity contribution is 7.89. The second-order valence-electron chi connectivity index (χ2n) is 8.95. The quantitative estimate of drug-likeness (QED) is 0.232. The van der Waals surface area contributed by atoms with E-state index in [0.717, 1.165) is 5.56 Å². The summed E-state index contributed by atoms with van der Waals surface area (Å²) in [7, 11) is -3.81. The summed E-state index contributed by atoms with van der Waals surface area (Å²) in [5.41, 5.74) is 8.06. The molecule has 8 nitrogen and oxygen atoms in total. The lowest BCUT2D eigenvalue weighted by Crippen LogP contribution is -2.39. The van der Waals surface area contributed by atoms with E-state index in [9.17, 15) is 13.5 Å². The third-order valence-corrected chi connectivity index (χ3v) is 7.26. The molecule has 0 amide bonds. The van der Waals surface area contributed by atoms with Gasteiger partial charge >= 0.3 is 0 Å². The van der Waals surface area contributed by atoms with Crippen LogP contribution in [0.3, 0.4) is 0 Å². The number of nitrogen functional groups attached to an aromatic ring is 1. The summed E-state index contributed by atoms with van der Waals surface area (Å²) in [6.45, 7) is 9.38. The second-order valence-corrected chi connectivity index (χ2v) is 10.9. The van der Waals surface area contributed by atoms with E-state index in [1.54, 1.807) is 12.1 Å². The highest BCUT2D eigenvalue weighted by Crippen LogP contribution is 2.22. The Bertz CT molecular complexity index is 1100. The molecule has 2 atom stereocenters. The Morgan fingerprint density at radius 1 is 1.26 bits per heavy atom. The lowest BCUT2D eigenvalue weighted by Gasteiger charge is -2.27. The third kappa shape index (κ3) is 7.91. The van der Waals surface area contributed by atoms with E-state index in [2.05, 4.69) is 11.9 Å². The van der Waals surface area contributed by atoms with E-state index >= 15 is 0 Å². The summed E-state index contributed by atoms with van der Waals surface area (Å²) in [5, 5.41) is 13.5. The summed E-state index contributed by atoms with van der Waals surface area (Å²) in [6, 6.07) is 15.6. The molecule has 2 aromatic rings. The summed E-state index contributed by atoms with van der Waals surface area (Å²) in [4.78, 5) is 0.159. The molecule has 4 N–H and O–H groups in total. The number of anilines is 1. The summed E-state index contributed by atoms with van der Waals surface area (Å²) >= 11 is 0. The highest BCUT2D eigenvalue weighted by Gasteiger charge is 2.27. The predicted molar refractivity (Wildman–Crippen MR) is 137 cm³/mol. The van der Waals surface area contributed by atoms with Crippen LogP contribution >= 0.6 is 0 Å². The van der Waals surface area contributed by atoms with Gasteiger partial charge in [0, 0.05) is 31.1 Å². The molecule has 9 heteroatoms. The number of sulfonamides is 1. The number of nitrogens with two attached hydrogens (primary N) is 1. The fraction of sp³-hybridized carbons (Fsp3) is 0.385. The zero-order valence-corrected chi connectivity index (χ0v) is 21.1. The molecule has 1 fully saturated rings. The van der Waals surface area contributed by atoms with Gasteiger partial charge in [-0.05, 0) is 53.8 Å². The van der Waals surface area contributed by atoms with Crippen molar-refractivity contribution in [2.24, 2.45) is 5.92 Å². The van der Waals surface area contributed by atoms with Crippen LogP contribution in [-0.4, -0.2) is 56.7 Å². The van der Waals surface area contributed by atoms with Gasteiger partial charge in [-0.1, -0.05) is 50.8 Å². The van der Waals surface area contributed by atoms with Crippen LogP contribution < -0.4 is 11.1 Å². The van der Waals surface area contributed by atoms with Crippen molar-refractivity contribution >= 4 is 21.8 Å². The number of hydrogen-bond acceptors (Lipinski definition) is 7. The molecule has 1 aliphatic rings. The predicted octanol–water partition coefficient (Wildman–Crippen LogP) is 3.18. The van der Waals surface area contributed by atoms with Gasteiger partial charge in [0.25, 0.3) is 0 Å². The van der Waals surface area contributed by atoms with Gasteiger partial charge in [0.1, 0.15) is 0 Å². The molecule has 190 valence electrons. The Labute approximate surface area is 208 Å². The molecule has 0 aliphatic carbocycles. The normalized spacial score (nSPS) is 17.6. The molecular formula is C26H35N3O5S. The summed E-state index contributed by atoms with van der Waals surface area (Å²) in [6.07, 6.45) is 0.982. The average Bonchev–Trinajstić information content (AvgIpc) is 3.31. The van der Waals surface area contributed by atoms with Gasteiger partial charge in [-0.3, -0.25) is 0 Å². The number of ether oxygens (including phenoxy) is 2. The zero-order chi connectivity index (χ0) is 25.4. The maximum atomic E-state index is 13.5. The van der Waals surface area contributed by atoms with Crippen LogP contribution in [0.2, 0.25) is 0 Å². The van der Waals surface area contributed by atoms with Crippen LogP contribution in [0.5, 0.6) is 0 Å². The molecule has 0 aromatic heterocycles. The molecule has 0 saturated carbocycles. The van der Waals surface area contributed by atoms with Gasteiger partial charge in [0.15, 0.2) is 0 Å². The van der Waals surface area contributed by atoms with Gasteiger partial charge in [-0.2, -0.15) is 4.31 Å². The van der Waals surface area contributed by atoms with E-state index in [0.29, 0.717) is 43.1 Å². The SMILES string of the molecule is C=C(CN(CC(C)C)S(=O)(=O)c1ccc(N)cc1)/C(=C\c1ccccc1)NC(O)O[C@H]1CCOC1. The molecule has 1 unspecified atom stereocenters. The van der Waals surface area contributed by atoms with Crippen molar-refractivity contribution in [1.82, 2.24) is 9.62 Å². The largest absolute Gasteiger partial charge is 0.399 e. The Morgan fingerprint density at radius 2 is 1.94 bits per heavy atom. The molecule has 1 saturated heterocycles. The van der Waals surface area contributed by atoms with Crippen molar-refractivity contribution in [3.63, 3.8) is 0 Å². The van der Waals surface area contributed by atoms with E-state index in [4.69, 9.17) is 15.2 Å². The number of aliphatic hydroxyl groups is 1. The van der Waals surface area contributed by atoms with Crippen LogP contribution in [0.25, 0.3) is 6.08 Å². The fourth-order valence-electron chi connectivity index (χ4n) is 3.67. The second kappa shape index (κ2) is 12.3. The molecule has 35 heavy (non-hydrogen) atoms. The first-order valence-electron chi connectivity index (χ1n) is 11.6. The first kappa shape index (κ1) is 26.9. The smallest absolute Gasteiger partial charge is 0.243 e. The fourth-order valence-corrected chi connectivity index (χ4v) is 5.27. The van der Waals surface area contributed by atoms with Gasteiger partial charge < -0.3 is 25.6 Å². The highest BCUT2D eigenvalue weighted by atomic mass is 32.2. The molecule has 2 aromatic carbocycles. The van der Waals surface area contributed by atoms with Crippen LogP contribution in [-0.2, 0) is 19.5 Å². The molecule has 3 rings (SSSR count). The Hall–Kier alpha value is -2.69. The van der Waals surface area contributed by atoms with Crippen molar-refractivity contribution in [2.45, 2.75) is 37.7 Å². The van der Waals surface area contributed by atoms with Crippen molar-refractivity contribution in [3.8, 4) is 0 Å². The van der Waals surface area contributed by atoms with Crippen LogP contribution in [0.1, 0.15) is 25.8 Å². The maximum Gasteiger partial charge on any atom is 0.243 e. The molecule has 0 radical (unpaired) electrons. The molecule has 1 heterocycles. The van der Waals surface area contributed by atoms with Crippen LogP contribution in [0, 0.1) is 5.92 Å². The zero-order valence-electron chi connectivity index (χ0n) is 20.3. The number of benzene rings is 2. The lowest BCUT2D eigenvalue weighted by atomic mass is 10.1. The minimum Gasteiger partial charge on any atom is -0.399 e. The van der Waals surface area contributed by atoms with Gasteiger partial charge in [-0.15, -0.1) is 0 Å². The van der Waals surface area contributed by atoms with Crippen LogP contribution in [0.4, 0.5) is 5.69 Å². The maximum absolute atomic E-state index is 13.5. The number of nitrogens with one attached hydrogen (secondary N) is 1. The monoisotopic (exact) mass is 501 g/mol. The van der Waals surface area contributed by atoms with Crippen molar-refractivity contribution in [1.29, 1.82) is 0 Å². The van der Waals surface area contributed by atoms with Gasteiger partial charge in [-0.25, -0.2) is 8.42 Å². The topological polar surface area (TPSA) is 114 Å². The minimum absolute atomic E-state index is 0.0236. The van der Waals surface area contributed by atoms with Crippen molar-refractivity contribution < 1.29 is 23.0 Å². The van der Waals surface area contributed by atoms with E-state index in [-0.39, 0.29) is 23.5 Å². The molecular weight excluding hydrogens is 466 g/mol. The Balaban J connectivity index is 1.85. The summed E-state index contributed by atoms with van der Waals surface area (Å²) < 4.78 is 39.3. The van der Waals surface area contributed by atoms with E-state index in [1.165, 1.54) is 16.4 Å². The first-order valence-corrected chi connectivity index (χ1v) is 13.1. The summed E-state index contributed by atoms with van der Waals surface area (Å²) in [5.74, 6) is 0.0807.